The molecule has 0 radical (unpaired) electrons. The Morgan fingerprint density at radius 1 is 1.04 bits per heavy atom. The highest BCUT2D eigenvalue weighted by Crippen LogP contribution is 2.40. The van der Waals surface area contributed by atoms with E-state index in [2.05, 4.69) is 41.6 Å². The third kappa shape index (κ3) is 5.85. The molecule has 0 bridgehead atoms. The van der Waals surface area contributed by atoms with E-state index in [-0.39, 0.29) is 23.1 Å². The molecule has 2 fully saturated rings. The van der Waals surface area contributed by atoms with Crippen LogP contribution < -0.4 is 10.2 Å². The minimum Gasteiger partial charge on any atom is -0.322 e. The van der Waals surface area contributed by atoms with E-state index in [9.17, 15) is 9.59 Å². The molecule has 2 amide bonds. The molecule has 1 aliphatic heterocycles. The number of carbonyl (C=O) groups excluding carboxylic acids is 2. The summed E-state index contributed by atoms with van der Waals surface area (Å²) in [6.45, 7) is 1.07. The van der Waals surface area contributed by atoms with E-state index in [0.29, 0.717) is 47.7 Å². The maximum atomic E-state index is 15.2. The van der Waals surface area contributed by atoms with E-state index < -0.39 is 11.9 Å². The Hall–Kier alpha value is -5.30. The first-order valence-electron chi connectivity index (χ1n) is 15.8. The van der Waals surface area contributed by atoms with Gasteiger partial charge in [-0.15, -0.1) is 5.10 Å². The van der Waals surface area contributed by atoms with E-state index in [1.807, 2.05) is 42.5 Å². The summed E-state index contributed by atoms with van der Waals surface area (Å²) in [5, 5.41) is 16.6. The van der Waals surface area contributed by atoms with Crippen LogP contribution in [0.25, 0.3) is 22.3 Å². The van der Waals surface area contributed by atoms with Crippen molar-refractivity contribution in [2.45, 2.75) is 44.2 Å². The Morgan fingerprint density at radius 3 is 2.69 bits per heavy atom. The van der Waals surface area contributed by atoms with Gasteiger partial charge in [0.1, 0.15) is 17.6 Å². The quantitative estimate of drug-likeness (QED) is 0.191. The number of hydrogen-bond acceptors (Lipinski definition) is 7. The molecule has 1 saturated carbocycles. The second-order valence-electron chi connectivity index (χ2n) is 12.1. The van der Waals surface area contributed by atoms with Crippen LogP contribution in [0.3, 0.4) is 0 Å². The van der Waals surface area contributed by atoms with Gasteiger partial charge in [0.05, 0.1) is 29.9 Å². The summed E-state index contributed by atoms with van der Waals surface area (Å²) < 4.78 is 19.4. The van der Waals surface area contributed by atoms with Crippen molar-refractivity contribution < 1.29 is 14.0 Å². The van der Waals surface area contributed by atoms with Gasteiger partial charge in [0.2, 0.25) is 0 Å². The van der Waals surface area contributed by atoms with Crippen LogP contribution in [-0.4, -0.2) is 53.1 Å². The van der Waals surface area contributed by atoms with Gasteiger partial charge >= 0.3 is 0 Å². The lowest BCUT2D eigenvalue weighted by atomic mass is 10.0. The SMILES string of the molecule is O=C(Nc1ccc(F)c(-c2cn(C3CCCN(c4ccc(Br)cc4)C3=O)nn2)c1)c1cc(C2CC2)nc2c1cnn2Cc1cccnc1. The number of hydrogen-bond donors (Lipinski definition) is 1. The molecule has 1 saturated heterocycles. The third-order valence-corrected chi connectivity index (χ3v) is 9.33. The molecule has 1 aliphatic carbocycles. The molecule has 0 spiro atoms. The predicted molar refractivity (Wildman–Crippen MR) is 181 cm³/mol. The number of amides is 2. The monoisotopic (exact) mass is 705 g/mol. The van der Waals surface area contributed by atoms with Crippen LogP contribution >= 0.6 is 15.9 Å². The number of anilines is 2. The number of benzene rings is 2. The number of carbonyl (C=O) groups is 2. The number of rotatable bonds is 8. The minimum absolute atomic E-state index is 0.0977. The molecule has 8 rings (SSSR count). The molecule has 2 aromatic carbocycles. The molecule has 4 aromatic heterocycles. The van der Waals surface area contributed by atoms with Crippen molar-refractivity contribution >= 4 is 50.2 Å². The summed E-state index contributed by atoms with van der Waals surface area (Å²) in [5.41, 5.74) is 4.51. The average Bonchev–Trinajstić information content (AvgIpc) is 3.71. The molecule has 11 nitrogen and oxygen atoms in total. The highest BCUT2D eigenvalue weighted by Gasteiger charge is 2.32. The van der Waals surface area contributed by atoms with Crippen molar-refractivity contribution in [2.75, 3.05) is 16.8 Å². The average molecular weight is 707 g/mol. The lowest BCUT2D eigenvalue weighted by Gasteiger charge is -2.32. The van der Waals surface area contributed by atoms with E-state index in [1.165, 1.54) is 22.9 Å². The summed E-state index contributed by atoms with van der Waals surface area (Å²) in [6, 6.07) is 17.0. The van der Waals surface area contributed by atoms with Crippen LogP contribution in [0.5, 0.6) is 0 Å². The zero-order valence-corrected chi connectivity index (χ0v) is 27.2. The van der Waals surface area contributed by atoms with Gasteiger partial charge in [0.15, 0.2) is 5.65 Å². The zero-order chi connectivity index (χ0) is 32.8. The molecule has 13 heteroatoms. The zero-order valence-electron chi connectivity index (χ0n) is 25.6. The molecular weight excluding hydrogens is 677 g/mol. The van der Waals surface area contributed by atoms with Crippen LogP contribution in [0, 0.1) is 5.82 Å². The van der Waals surface area contributed by atoms with Crippen LogP contribution in [0.1, 0.15) is 59.3 Å². The number of aromatic nitrogens is 7. The van der Waals surface area contributed by atoms with Crippen LogP contribution in [0.15, 0.2) is 89.9 Å². The molecule has 1 unspecified atom stereocenters. The largest absolute Gasteiger partial charge is 0.322 e. The standard InChI is InChI=1S/C35H29BrFN9O2/c36-23-7-10-25(11-8-23)44-14-2-4-32(35(44)48)45-20-31(42-43-45)27-15-24(9-12-29(27)37)40-34(47)26-16-30(22-5-6-22)41-33-28(26)18-39-46(33)19-21-3-1-13-38-17-21/h1,3,7-13,15-18,20,22,32H,2,4-6,14,19H2,(H,40,47). The predicted octanol–water partition coefficient (Wildman–Crippen LogP) is 6.53. The number of pyridine rings is 2. The molecule has 5 heterocycles. The van der Waals surface area contributed by atoms with Gasteiger partial charge in [-0.1, -0.05) is 27.2 Å². The number of nitrogens with zero attached hydrogens (tertiary/aromatic N) is 8. The highest BCUT2D eigenvalue weighted by atomic mass is 79.9. The van der Waals surface area contributed by atoms with Crippen LogP contribution in [0.2, 0.25) is 0 Å². The fraction of sp³-hybridized carbons (Fsp3) is 0.229. The number of halogens is 2. The Balaban J connectivity index is 1.05. The van der Waals surface area contributed by atoms with E-state index in [0.717, 1.165) is 40.7 Å². The second-order valence-corrected chi connectivity index (χ2v) is 13.0. The Labute approximate surface area is 282 Å². The first-order valence-corrected chi connectivity index (χ1v) is 16.6. The van der Waals surface area contributed by atoms with Crippen molar-refractivity contribution in [3.05, 3.63) is 113 Å². The van der Waals surface area contributed by atoms with Gasteiger partial charge in [-0.25, -0.2) is 18.7 Å². The topological polar surface area (TPSA) is 124 Å². The van der Waals surface area contributed by atoms with E-state index >= 15 is 4.39 Å². The van der Waals surface area contributed by atoms with E-state index in [4.69, 9.17) is 4.98 Å². The molecular formula is C35H29BrFN9O2. The summed E-state index contributed by atoms with van der Waals surface area (Å²) in [7, 11) is 0. The van der Waals surface area contributed by atoms with Crippen LogP contribution in [-0.2, 0) is 11.3 Å². The smallest absolute Gasteiger partial charge is 0.256 e. The molecule has 1 atom stereocenters. The van der Waals surface area contributed by atoms with Crippen molar-refractivity contribution in [3.63, 3.8) is 0 Å². The Kier molecular flexibility index (Phi) is 7.75. The first kappa shape index (κ1) is 30.1. The van der Waals surface area contributed by atoms with Gasteiger partial charge < -0.3 is 10.2 Å². The summed E-state index contributed by atoms with van der Waals surface area (Å²) >= 11 is 3.44. The second kappa shape index (κ2) is 12.4. The van der Waals surface area contributed by atoms with Gasteiger partial charge in [-0.3, -0.25) is 14.6 Å². The molecule has 6 aromatic rings. The lowest BCUT2D eigenvalue weighted by Crippen LogP contribution is -2.42. The van der Waals surface area contributed by atoms with Gasteiger partial charge in [0.25, 0.3) is 11.8 Å². The van der Waals surface area contributed by atoms with Gasteiger partial charge in [-0.05, 0) is 85.8 Å². The maximum absolute atomic E-state index is 15.2. The van der Waals surface area contributed by atoms with Crippen molar-refractivity contribution in [1.82, 2.24) is 34.7 Å². The lowest BCUT2D eigenvalue weighted by molar-refractivity contribution is -0.123. The fourth-order valence-corrected chi connectivity index (χ4v) is 6.42. The Bertz CT molecular complexity index is 2160. The van der Waals surface area contributed by atoms with Crippen molar-refractivity contribution in [2.24, 2.45) is 0 Å². The molecule has 2 aliphatic rings. The minimum atomic E-state index is -0.566. The molecule has 1 N–H and O–H groups in total. The molecule has 48 heavy (non-hydrogen) atoms. The first-order chi connectivity index (χ1) is 23.4. The van der Waals surface area contributed by atoms with E-state index in [1.54, 1.807) is 34.4 Å². The number of fused-ring (bicyclic) bond motifs is 1. The summed E-state index contributed by atoms with van der Waals surface area (Å²) in [4.78, 5) is 38.1. The summed E-state index contributed by atoms with van der Waals surface area (Å²) in [5.74, 6) is -0.669. The maximum Gasteiger partial charge on any atom is 0.256 e. The van der Waals surface area contributed by atoms with Gasteiger partial charge in [-0.2, -0.15) is 5.10 Å². The Morgan fingerprint density at radius 2 is 1.90 bits per heavy atom. The summed E-state index contributed by atoms with van der Waals surface area (Å²) in [6.07, 6.45) is 10.2. The third-order valence-electron chi connectivity index (χ3n) is 8.80. The van der Waals surface area contributed by atoms with Gasteiger partial charge in [0, 0.05) is 52.0 Å². The fourth-order valence-electron chi connectivity index (χ4n) is 6.15. The number of nitrogens with one attached hydrogen (secondary N) is 1. The van der Waals surface area contributed by atoms with Crippen molar-refractivity contribution in [3.8, 4) is 11.3 Å². The van der Waals surface area contributed by atoms with Crippen LogP contribution in [0.4, 0.5) is 15.8 Å². The number of piperidine rings is 1. The molecule has 240 valence electrons. The highest BCUT2D eigenvalue weighted by molar-refractivity contribution is 9.10. The normalized spacial score (nSPS) is 16.4. The van der Waals surface area contributed by atoms with Crippen molar-refractivity contribution in [1.29, 1.82) is 0 Å².